The number of hydrogen-bond donors (Lipinski definition) is 1. The third kappa shape index (κ3) is 3.22. The largest absolute Gasteiger partial charge is 0.341 e. The number of carbonyl (C=O) groups is 1. The first-order valence-corrected chi connectivity index (χ1v) is 8.41. The van der Waals surface area contributed by atoms with Gasteiger partial charge < -0.3 is 10.6 Å². The van der Waals surface area contributed by atoms with Crippen molar-refractivity contribution in [3.8, 4) is 5.69 Å². The summed E-state index contributed by atoms with van der Waals surface area (Å²) in [7, 11) is 1.87. The van der Waals surface area contributed by atoms with Crippen LogP contribution in [0.2, 0.25) is 0 Å². The lowest BCUT2D eigenvalue weighted by Crippen LogP contribution is -2.44. The van der Waals surface area contributed by atoms with Crippen LogP contribution in [-0.2, 0) is 11.3 Å². The second-order valence-electron chi connectivity index (χ2n) is 6.87. The Morgan fingerprint density at radius 3 is 2.80 bits per heavy atom. The standard InChI is InChI=1S/C19H22N4O.ClH/c1-22(19(24)17-14-6-7-15(11-14)18(17)20)12-13-4-2-5-16(10-13)23-9-3-8-21-23;/h2-10,14-15,17-18H,11-12,20H2,1H3;1H/t14-,15+,17-,18+;/m1./s1. The van der Waals surface area contributed by atoms with Crippen LogP contribution < -0.4 is 5.73 Å². The smallest absolute Gasteiger partial charge is 0.227 e. The van der Waals surface area contributed by atoms with Crippen LogP contribution >= 0.6 is 12.4 Å². The highest BCUT2D eigenvalue weighted by Gasteiger charge is 2.47. The zero-order valence-corrected chi connectivity index (χ0v) is 15.0. The number of carbonyl (C=O) groups excluding carboxylic acids is 1. The lowest BCUT2D eigenvalue weighted by molar-refractivity contribution is -0.136. The number of benzene rings is 1. The molecule has 0 unspecified atom stereocenters. The van der Waals surface area contributed by atoms with E-state index >= 15 is 0 Å². The summed E-state index contributed by atoms with van der Waals surface area (Å²) in [5.41, 5.74) is 8.36. The van der Waals surface area contributed by atoms with E-state index in [1.54, 1.807) is 11.1 Å². The molecule has 132 valence electrons. The van der Waals surface area contributed by atoms with E-state index in [2.05, 4.69) is 23.3 Å². The molecule has 4 atom stereocenters. The molecule has 1 aromatic heterocycles. The minimum atomic E-state index is -0.0701. The lowest BCUT2D eigenvalue weighted by atomic mass is 9.88. The molecule has 0 saturated heterocycles. The van der Waals surface area contributed by atoms with E-state index < -0.39 is 0 Å². The van der Waals surface area contributed by atoms with Crippen molar-refractivity contribution >= 4 is 18.3 Å². The number of aromatic nitrogens is 2. The minimum absolute atomic E-state index is 0. The Balaban J connectivity index is 0.00000182. The Bertz CT molecular complexity index is 773. The van der Waals surface area contributed by atoms with Crippen molar-refractivity contribution in [2.75, 3.05) is 7.05 Å². The highest BCUT2D eigenvalue weighted by Crippen LogP contribution is 2.43. The molecule has 2 bridgehead atoms. The summed E-state index contributed by atoms with van der Waals surface area (Å²) in [5.74, 6) is 0.777. The third-order valence-corrected chi connectivity index (χ3v) is 5.28. The Morgan fingerprint density at radius 2 is 2.12 bits per heavy atom. The highest BCUT2D eigenvalue weighted by molar-refractivity contribution is 5.85. The summed E-state index contributed by atoms with van der Waals surface area (Å²) in [6.45, 7) is 0.582. The maximum atomic E-state index is 12.9. The fourth-order valence-electron chi connectivity index (χ4n) is 4.03. The average Bonchev–Trinajstić information content (AvgIpc) is 3.32. The topological polar surface area (TPSA) is 64.2 Å². The molecule has 2 aliphatic rings. The maximum Gasteiger partial charge on any atom is 0.227 e. The quantitative estimate of drug-likeness (QED) is 0.853. The molecule has 25 heavy (non-hydrogen) atoms. The molecule has 5 nitrogen and oxygen atoms in total. The van der Waals surface area contributed by atoms with Gasteiger partial charge in [0.15, 0.2) is 0 Å². The number of nitrogens with two attached hydrogens (primary N) is 1. The molecule has 4 rings (SSSR count). The van der Waals surface area contributed by atoms with Gasteiger partial charge in [0, 0.05) is 32.0 Å². The van der Waals surface area contributed by atoms with E-state index in [0.29, 0.717) is 18.4 Å². The van der Waals surface area contributed by atoms with Crippen molar-refractivity contribution in [3.63, 3.8) is 0 Å². The zero-order chi connectivity index (χ0) is 16.7. The van der Waals surface area contributed by atoms with Crippen LogP contribution in [0.25, 0.3) is 5.69 Å². The van der Waals surface area contributed by atoms with Gasteiger partial charge in [-0.15, -0.1) is 12.4 Å². The second kappa shape index (κ2) is 7.02. The van der Waals surface area contributed by atoms with Gasteiger partial charge in [0.25, 0.3) is 0 Å². The van der Waals surface area contributed by atoms with Gasteiger partial charge in [-0.25, -0.2) is 4.68 Å². The fourth-order valence-corrected chi connectivity index (χ4v) is 4.03. The Morgan fingerprint density at radius 1 is 1.32 bits per heavy atom. The molecule has 0 radical (unpaired) electrons. The van der Waals surface area contributed by atoms with Crippen LogP contribution in [0.3, 0.4) is 0 Å². The predicted molar refractivity (Wildman–Crippen MR) is 99.5 cm³/mol. The van der Waals surface area contributed by atoms with Gasteiger partial charge in [-0.1, -0.05) is 24.3 Å². The molecule has 6 heteroatoms. The Labute approximate surface area is 153 Å². The first kappa shape index (κ1) is 17.7. The van der Waals surface area contributed by atoms with Gasteiger partial charge >= 0.3 is 0 Å². The molecular weight excluding hydrogens is 336 g/mol. The summed E-state index contributed by atoms with van der Waals surface area (Å²) >= 11 is 0. The van der Waals surface area contributed by atoms with E-state index in [-0.39, 0.29) is 30.3 Å². The lowest BCUT2D eigenvalue weighted by Gasteiger charge is -2.28. The SMILES string of the molecule is CN(Cc1cccc(-n2cccn2)c1)C(=O)[C@H]1[C@@H](N)[C@H]2C=C[C@@H]1C2.Cl. The molecule has 1 aromatic carbocycles. The highest BCUT2D eigenvalue weighted by atomic mass is 35.5. The minimum Gasteiger partial charge on any atom is -0.341 e. The fraction of sp³-hybridized carbons (Fsp3) is 0.368. The van der Waals surface area contributed by atoms with Crippen molar-refractivity contribution in [3.05, 3.63) is 60.4 Å². The van der Waals surface area contributed by atoms with Crippen LogP contribution in [0.15, 0.2) is 54.9 Å². The van der Waals surface area contributed by atoms with Crippen LogP contribution in [0, 0.1) is 17.8 Å². The van der Waals surface area contributed by atoms with Gasteiger partial charge in [-0.3, -0.25) is 4.79 Å². The van der Waals surface area contributed by atoms with Crippen LogP contribution in [0.4, 0.5) is 0 Å². The van der Waals surface area contributed by atoms with Crippen molar-refractivity contribution < 1.29 is 4.79 Å². The van der Waals surface area contributed by atoms with Crippen LogP contribution in [0.1, 0.15) is 12.0 Å². The number of nitrogens with zero attached hydrogens (tertiary/aromatic N) is 3. The average molecular weight is 359 g/mol. The first-order chi connectivity index (χ1) is 11.6. The number of fused-ring (bicyclic) bond motifs is 2. The number of rotatable bonds is 4. The van der Waals surface area contributed by atoms with Crippen molar-refractivity contribution in [2.24, 2.45) is 23.5 Å². The normalized spacial score (nSPS) is 26.5. The van der Waals surface area contributed by atoms with Gasteiger partial charge in [0.05, 0.1) is 11.6 Å². The molecule has 1 heterocycles. The van der Waals surface area contributed by atoms with Crippen LogP contribution in [-0.4, -0.2) is 33.7 Å². The van der Waals surface area contributed by atoms with Gasteiger partial charge in [0.1, 0.15) is 0 Å². The number of halogens is 1. The van der Waals surface area contributed by atoms with E-state index in [1.807, 2.05) is 42.2 Å². The predicted octanol–water partition coefficient (Wildman–Crippen LogP) is 2.40. The Hall–Kier alpha value is -2.11. The summed E-state index contributed by atoms with van der Waals surface area (Å²) < 4.78 is 1.82. The molecular formula is C19H23ClN4O. The molecule has 1 fully saturated rings. The van der Waals surface area contributed by atoms with Gasteiger partial charge in [0.2, 0.25) is 5.91 Å². The number of hydrogen-bond acceptors (Lipinski definition) is 3. The maximum absolute atomic E-state index is 12.9. The zero-order valence-electron chi connectivity index (χ0n) is 14.2. The molecule has 2 aromatic rings. The molecule has 2 N–H and O–H groups in total. The first-order valence-electron chi connectivity index (χ1n) is 8.41. The van der Waals surface area contributed by atoms with E-state index in [4.69, 9.17) is 5.73 Å². The molecule has 1 saturated carbocycles. The molecule has 2 aliphatic carbocycles. The number of amides is 1. The summed E-state index contributed by atoms with van der Waals surface area (Å²) in [6, 6.07) is 9.97. The number of allylic oxidation sites excluding steroid dienone is 1. The summed E-state index contributed by atoms with van der Waals surface area (Å²) in [5, 5.41) is 4.25. The van der Waals surface area contributed by atoms with Crippen molar-refractivity contribution in [2.45, 2.75) is 19.0 Å². The molecule has 1 amide bonds. The van der Waals surface area contributed by atoms with Gasteiger partial charge in [-0.05, 0) is 42.0 Å². The van der Waals surface area contributed by atoms with E-state index in [0.717, 1.165) is 17.7 Å². The van der Waals surface area contributed by atoms with E-state index in [1.165, 1.54) is 0 Å². The third-order valence-electron chi connectivity index (χ3n) is 5.28. The van der Waals surface area contributed by atoms with Crippen molar-refractivity contribution in [1.29, 1.82) is 0 Å². The molecule has 0 aliphatic heterocycles. The van der Waals surface area contributed by atoms with Crippen molar-refractivity contribution in [1.82, 2.24) is 14.7 Å². The summed E-state index contributed by atoms with van der Waals surface area (Å²) in [4.78, 5) is 14.7. The van der Waals surface area contributed by atoms with E-state index in [9.17, 15) is 4.79 Å². The van der Waals surface area contributed by atoms with Gasteiger partial charge in [-0.2, -0.15) is 5.10 Å². The Kier molecular flexibility index (Phi) is 4.97. The second-order valence-corrected chi connectivity index (χ2v) is 6.87. The monoisotopic (exact) mass is 358 g/mol. The molecule has 0 spiro atoms. The summed E-state index contributed by atoms with van der Waals surface area (Å²) in [6.07, 6.45) is 9.04. The van der Waals surface area contributed by atoms with Crippen LogP contribution in [0.5, 0.6) is 0 Å².